The van der Waals surface area contributed by atoms with Crippen LogP contribution >= 0.6 is 23.2 Å². The molecule has 0 radical (unpaired) electrons. The van der Waals surface area contributed by atoms with Gasteiger partial charge in [-0.15, -0.1) is 0 Å². The van der Waals surface area contributed by atoms with Crippen LogP contribution in [0.2, 0.25) is 10.0 Å². The summed E-state index contributed by atoms with van der Waals surface area (Å²) in [5.41, 5.74) is 0.763. The third-order valence-corrected chi connectivity index (χ3v) is 4.40. The highest BCUT2D eigenvalue weighted by Gasteiger charge is 2.43. The van der Waals surface area contributed by atoms with E-state index in [-0.39, 0.29) is 26.2 Å². The number of Topliss-reactive ketones (excluding diaryl/α,β-unsaturated/α-hetero) is 1. The summed E-state index contributed by atoms with van der Waals surface area (Å²) < 4.78 is 0. The molecule has 0 bridgehead atoms. The molecule has 23 heavy (non-hydrogen) atoms. The monoisotopic (exact) mass is 358 g/mol. The smallest absolute Gasteiger partial charge is 0.290 e. The Hall–Kier alpha value is -1.63. The Morgan fingerprint density at radius 1 is 1.35 bits per heavy atom. The number of aliphatic hydroxyl groups excluding tert-OH is 1. The Balaban J connectivity index is 2.06. The molecular formula is C15H16Cl2N2O4. The molecule has 1 saturated heterocycles. The maximum absolute atomic E-state index is 12.4. The average Bonchev–Trinajstić information content (AvgIpc) is 2.79. The summed E-state index contributed by atoms with van der Waals surface area (Å²) in [5, 5.41) is 9.68. The fraction of sp³-hybridized carbons (Fsp3) is 0.400. The van der Waals surface area contributed by atoms with E-state index in [4.69, 9.17) is 28.3 Å². The van der Waals surface area contributed by atoms with Crippen molar-refractivity contribution in [2.75, 3.05) is 26.7 Å². The molecule has 2 rings (SSSR count). The Labute approximate surface area is 143 Å². The first-order chi connectivity index (χ1) is 10.8. The van der Waals surface area contributed by atoms with Crippen molar-refractivity contribution in [2.24, 2.45) is 5.92 Å². The van der Waals surface area contributed by atoms with Gasteiger partial charge in [0.25, 0.3) is 5.91 Å². The zero-order valence-corrected chi connectivity index (χ0v) is 14.0. The molecule has 2 amide bonds. The number of aliphatic hydroxyl groups is 1. The van der Waals surface area contributed by atoms with Gasteiger partial charge in [0, 0.05) is 26.7 Å². The zero-order valence-electron chi connectivity index (χ0n) is 12.5. The highest BCUT2D eigenvalue weighted by molar-refractivity contribution is 6.42. The molecule has 1 fully saturated rings. The van der Waals surface area contributed by atoms with Crippen molar-refractivity contribution >= 4 is 40.8 Å². The van der Waals surface area contributed by atoms with E-state index in [1.807, 2.05) is 0 Å². The molecule has 1 aliphatic rings. The van der Waals surface area contributed by atoms with Gasteiger partial charge >= 0.3 is 0 Å². The lowest BCUT2D eigenvalue weighted by Gasteiger charge is -2.20. The minimum atomic E-state index is -1.03. The lowest BCUT2D eigenvalue weighted by Crippen LogP contribution is -2.36. The second-order valence-corrected chi connectivity index (χ2v) is 6.15. The Morgan fingerprint density at radius 2 is 2.04 bits per heavy atom. The third-order valence-electron chi connectivity index (χ3n) is 3.67. The molecule has 0 spiro atoms. The van der Waals surface area contributed by atoms with E-state index < -0.39 is 23.5 Å². The minimum absolute atomic E-state index is 0.00275. The third kappa shape index (κ3) is 3.83. The van der Waals surface area contributed by atoms with Gasteiger partial charge in [-0.2, -0.15) is 0 Å². The van der Waals surface area contributed by atoms with E-state index in [1.54, 1.807) is 25.2 Å². The zero-order chi connectivity index (χ0) is 17.1. The van der Waals surface area contributed by atoms with Crippen LogP contribution in [0.15, 0.2) is 18.2 Å². The van der Waals surface area contributed by atoms with E-state index in [0.29, 0.717) is 10.0 Å². The Kier molecular flexibility index (Phi) is 5.62. The first kappa shape index (κ1) is 17.7. The summed E-state index contributed by atoms with van der Waals surface area (Å²) in [7, 11) is 1.55. The molecule has 0 saturated carbocycles. The van der Waals surface area contributed by atoms with Crippen molar-refractivity contribution in [1.29, 1.82) is 0 Å². The summed E-state index contributed by atoms with van der Waals surface area (Å²) in [6.45, 7) is 0.0420. The highest BCUT2D eigenvalue weighted by atomic mass is 35.5. The molecule has 1 atom stereocenters. The normalized spacial score (nSPS) is 17.7. The standard InChI is InChI=1S/C15H16Cl2N2O4/c1-18(7-9-2-3-11(16)12(17)6-9)14(22)10-8-19(4-5-20)15(23)13(10)21/h2-3,6,10,20H,4-5,7-8H2,1H3. The van der Waals surface area contributed by atoms with Crippen molar-refractivity contribution in [3.8, 4) is 0 Å². The van der Waals surface area contributed by atoms with E-state index >= 15 is 0 Å². The molecular weight excluding hydrogens is 343 g/mol. The van der Waals surface area contributed by atoms with Crippen LogP contribution < -0.4 is 0 Å². The van der Waals surface area contributed by atoms with Crippen LogP contribution in [0.5, 0.6) is 0 Å². The van der Waals surface area contributed by atoms with Crippen LogP contribution in [-0.2, 0) is 20.9 Å². The predicted octanol–water partition coefficient (Wildman–Crippen LogP) is 0.972. The second-order valence-electron chi connectivity index (χ2n) is 5.33. The van der Waals surface area contributed by atoms with Crippen LogP contribution in [0.4, 0.5) is 0 Å². The van der Waals surface area contributed by atoms with Gasteiger partial charge in [0.15, 0.2) is 0 Å². The number of amides is 2. The van der Waals surface area contributed by atoms with Gasteiger partial charge in [0.05, 0.1) is 16.7 Å². The lowest BCUT2D eigenvalue weighted by molar-refractivity contribution is -0.144. The topological polar surface area (TPSA) is 77.9 Å². The van der Waals surface area contributed by atoms with Crippen molar-refractivity contribution < 1.29 is 19.5 Å². The molecule has 1 aromatic carbocycles. The number of hydrogen-bond donors (Lipinski definition) is 1. The molecule has 6 nitrogen and oxygen atoms in total. The van der Waals surface area contributed by atoms with Gasteiger partial charge < -0.3 is 14.9 Å². The molecule has 0 aliphatic carbocycles. The van der Waals surface area contributed by atoms with Crippen molar-refractivity contribution in [2.45, 2.75) is 6.54 Å². The number of ketones is 1. The lowest BCUT2D eigenvalue weighted by atomic mass is 10.1. The summed E-state index contributed by atoms with van der Waals surface area (Å²) in [6.07, 6.45) is 0. The quantitative estimate of drug-likeness (QED) is 0.628. The maximum atomic E-state index is 12.4. The second kappa shape index (κ2) is 7.29. The summed E-state index contributed by atoms with van der Waals surface area (Å²) in [5.74, 6) is -2.92. The number of likely N-dealkylation sites (tertiary alicyclic amines) is 1. The average molecular weight is 359 g/mol. The molecule has 0 aromatic heterocycles. The summed E-state index contributed by atoms with van der Waals surface area (Å²) >= 11 is 11.8. The number of benzene rings is 1. The number of halogens is 2. The van der Waals surface area contributed by atoms with Gasteiger partial charge in [-0.05, 0) is 17.7 Å². The van der Waals surface area contributed by atoms with E-state index in [9.17, 15) is 14.4 Å². The molecule has 1 heterocycles. The largest absolute Gasteiger partial charge is 0.395 e. The van der Waals surface area contributed by atoms with Gasteiger partial charge in [0.1, 0.15) is 5.92 Å². The maximum Gasteiger partial charge on any atom is 0.290 e. The van der Waals surface area contributed by atoms with E-state index in [2.05, 4.69) is 0 Å². The highest BCUT2D eigenvalue weighted by Crippen LogP contribution is 2.24. The molecule has 124 valence electrons. The van der Waals surface area contributed by atoms with Gasteiger partial charge in [0.2, 0.25) is 11.7 Å². The molecule has 1 aliphatic heterocycles. The number of hydrogen-bond acceptors (Lipinski definition) is 4. The van der Waals surface area contributed by atoms with E-state index in [0.717, 1.165) is 5.56 Å². The molecule has 1 aromatic rings. The van der Waals surface area contributed by atoms with Crippen LogP contribution in [0.25, 0.3) is 0 Å². The molecule has 8 heteroatoms. The minimum Gasteiger partial charge on any atom is -0.395 e. The number of rotatable bonds is 5. The number of β-amino-alcohol motifs (C(OH)–C–C–N with tert-alkyl or cyclic N) is 1. The van der Waals surface area contributed by atoms with E-state index in [1.165, 1.54) is 9.80 Å². The van der Waals surface area contributed by atoms with Crippen molar-refractivity contribution in [1.82, 2.24) is 9.80 Å². The summed E-state index contributed by atoms with van der Waals surface area (Å²) in [6, 6.07) is 5.01. The van der Waals surface area contributed by atoms with Crippen molar-refractivity contribution in [3.63, 3.8) is 0 Å². The number of nitrogens with zero attached hydrogens (tertiary/aromatic N) is 2. The van der Waals surface area contributed by atoms with Crippen LogP contribution in [0, 0.1) is 5.92 Å². The molecule has 1 unspecified atom stereocenters. The van der Waals surface area contributed by atoms with Gasteiger partial charge in [-0.1, -0.05) is 29.3 Å². The Morgan fingerprint density at radius 3 is 2.65 bits per heavy atom. The van der Waals surface area contributed by atoms with Gasteiger partial charge in [-0.25, -0.2) is 0 Å². The van der Waals surface area contributed by atoms with Gasteiger partial charge in [-0.3, -0.25) is 14.4 Å². The SMILES string of the molecule is CN(Cc1ccc(Cl)c(Cl)c1)C(=O)C1CN(CCO)C(=O)C1=O. The van der Waals surface area contributed by atoms with Crippen LogP contribution in [0.1, 0.15) is 5.56 Å². The first-order valence-corrected chi connectivity index (χ1v) is 7.73. The van der Waals surface area contributed by atoms with Crippen LogP contribution in [-0.4, -0.2) is 59.2 Å². The predicted molar refractivity (Wildman–Crippen MR) is 85.1 cm³/mol. The number of carbonyl (C=O) groups is 3. The fourth-order valence-electron chi connectivity index (χ4n) is 2.45. The fourth-order valence-corrected chi connectivity index (χ4v) is 2.77. The number of carbonyl (C=O) groups excluding carboxylic acids is 3. The van der Waals surface area contributed by atoms with Crippen LogP contribution in [0.3, 0.4) is 0 Å². The first-order valence-electron chi connectivity index (χ1n) is 6.98. The molecule has 1 N–H and O–H groups in total. The van der Waals surface area contributed by atoms with Crippen molar-refractivity contribution in [3.05, 3.63) is 33.8 Å². The Bertz CT molecular complexity index is 650. The summed E-state index contributed by atoms with van der Waals surface area (Å²) in [4.78, 5) is 38.6.